The van der Waals surface area contributed by atoms with E-state index >= 15 is 0 Å². The van der Waals surface area contributed by atoms with Crippen molar-refractivity contribution in [1.82, 2.24) is 10.2 Å². The topological polar surface area (TPSA) is 75.4 Å². The highest BCUT2D eigenvalue weighted by atomic mass is 16.2. The number of nitrogens with one attached hydrogen (secondary N) is 1. The molecular weight excluding hydrogens is 218 g/mol. The summed E-state index contributed by atoms with van der Waals surface area (Å²) < 4.78 is 0. The van der Waals surface area contributed by atoms with Crippen molar-refractivity contribution in [1.29, 1.82) is 0 Å². The van der Waals surface area contributed by atoms with E-state index in [-0.39, 0.29) is 17.9 Å². The van der Waals surface area contributed by atoms with Crippen LogP contribution in [0, 0.1) is 5.92 Å². The molecule has 0 aromatic carbocycles. The fourth-order valence-electron chi connectivity index (χ4n) is 2.34. The SMILES string of the molecule is CC1(C)C(=O)NCCN1C(=O)CC(N)C1CC1. The Hall–Kier alpha value is -1.10. The van der Waals surface area contributed by atoms with Crippen molar-refractivity contribution in [2.75, 3.05) is 13.1 Å². The van der Waals surface area contributed by atoms with Crippen LogP contribution in [-0.4, -0.2) is 41.4 Å². The van der Waals surface area contributed by atoms with E-state index in [4.69, 9.17) is 5.73 Å². The van der Waals surface area contributed by atoms with Crippen LogP contribution in [0.15, 0.2) is 0 Å². The van der Waals surface area contributed by atoms with Crippen LogP contribution in [0.1, 0.15) is 33.1 Å². The molecule has 1 heterocycles. The maximum Gasteiger partial charge on any atom is 0.245 e. The van der Waals surface area contributed by atoms with Gasteiger partial charge in [0.1, 0.15) is 5.54 Å². The minimum Gasteiger partial charge on any atom is -0.352 e. The fraction of sp³-hybridized carbons (Fsp3) is 0.833. The maximum absolute atomic E-state index is 12.2. The second kappa shape index (κ2) is 4.29. The third kappa shape index (κ3) is 2.44. The molecule has 0 aromatic rings. The zero-order valence-electron chi connectivity index (χ0n) is 10.5. The highest BCUT2D eigenvalue weighted by Crippen LogP contribution is 2.33. The molecule has 5 nitrogen and oxygen atoms in total. The quantitative estimate of drug-likeness (QED) is 0.719. The summed E-state index contributed by atoms with van der Waals surface area (Å²) in [5, 5.41) is 2.78. The molecule has 0 spiro atoms. The largest absolute Gasteiger partial charge is 0.352 e. The van der Waals surface area contributed by atoms with Crippen LogP contribution in [-0.2, 0) is 9.59 Å². The summed E-state index contributed by atoms with van der Waals surface area (Å²) >= 11 is 0. The van der Waals surface area contributed by atoms with E-state index in [1.54, 1.807) is 18.7 Å². The summed E-state index contributed by atoms with van der Waals surface area (Å²) in [5.74, 6) is 0.432. The van der Waals surface area contributed by atoms with Gasteiger partial charge in [-0.2, -0.15) is 0 Å². The predicted octanol–water partition coefficient (Wildman–Crippen LogP) is -0.149. The van der Waals surface area contributed by atoms with Gasteiger partial charge in [0.25, 0.3) is 0 Å². The van der Waals surface area contributed by atoms with Gasteiger partial charge >= 0.3 is 0 Å². The highest BCUT2D eigenvalue weighted by molar-refractivity contribution is 5.92. The van der Waals surface area contributed by atoms with Crippen LogP contribution in [0.25, 0.3) is 0 Å². The monoisotopic (exact) mass is 239 g/mol. The van der Waals surface area contributed by atoms with Gasteiger partial charge in [0.15, 0.2) is 0 Å². The number of piperazine rings is 1. The summed E-state index contributed by atoms with van der Waals surface area (Å²) in [4.78, 5) is 25.6. The summed E-state index contributed by atoms with van der Waals surface area (Å²) in [7, 11) is 0. The van der Waals surface area contributed by atoms with Crippen molar-refractivity contribution in [2.45, 2.75) is 44.7 Å². The molecule has 2 amide bonds. The van der Waals surface area contributed by atoms with Gasteiger partial charge in [-0.3, -0.25) is 9.59 Å². The Morgan fingerprint density at radius 2 is 2.24 bits per heavy atom. The van der Waals surface area contributed by atoms with Gasteiger partial charge in [0, 0.05) is 25.6 Å². The van der Waals surface area contributed by atoms with Crippen molar-refractivity contribution >= 4 is 11.8 Å². The van der Waals surface area contributed by atoms with Crippen LogP contribution >= 0.6 is 0 Å². The van der Waals surface area contributed by atoms with Crippen molar-refractivity contribution in [3.63, 3.8) is 0 Å². The Labute approximate surface area is 102 Å². The lowest BCUT2D eigenvalue weighted by molar-refractivity contribution is -0.149. The van der Waals surface area contributed by atoms with Gasteiger partial charge in [-0.15, -0.1) is 0 Å². The molecule has 3 N–H and O–H groups in total. The van der Waals surface area contributed by atoms with Gasteiger partial charge in [0.05, 0.1) is 0 Å². The highest BCUT2D eigenvalue weighted by Gasteiger charge is 2.41. The van der Waals surface area contributed by atoms with E-state index < -0.39 is 5.54 Å². The summed E-state index contributed by atoms with van der Waals surface area (Å²) in [6.45, 7) is 4.67. The molecule has 0 aromatic heterocycles. The van der Waals surface area contributed by atoms with Crippen molar-refractivity contribution in [3.8, 4) is 0 Å². The minimum absolute atomic E-state index is 0.00394. The molecule has 1 aliphatic heterocycles. The molecule has 2 rings (SSSR count). The zero-order chi connectivity index (χ0) is 12.6. The molecule has 96 valence electrons. The third-order valence-electron chi connectivity index (χ3n) is 3.79. The lowest BCUT2D eigenvalue weighted by Crippen LogP contribution is -2.63. The number of nitrogens with two attached hydrogens (primary N) is 1. The van der Waals surface area contributed by atoms with E-state index in [1.807, 2.05) is 0 Å². The normalized spacial score (nSPS) is 25.4. The maximum atomic E-state index is 12.2. The smallest absolute Gasteiger partial charge is 0.245 e. The van der Waals surface area contributed by atoms with Gasteiger partial charge in [-0.25, -0.2) is 0 Å². The molecule has 1 unspecified atom stereocenters. The zero-order valence-corrected chi connectivity index (χ0v) is 10.5. The van der Waals surface area contributed by atoms with Crippen LogP contribution in [0.3, 0.4) is 0 Å². The molecule has 0 bridgehead atoms. The summed E-state index contributed by atoms with van der Waals surface area (Å²) in [6, 6.07) is -0.0386. The van der Waals surface area contributed by atoms with Crippen LogP contribution < -0.4 is 11.1 Å². The minimum atomic E-state index is -0.751. The summed E-state index contributed by atoms with van der Waals surface area (Å²) in [5.41, 5.74) is 5.21. The molecule has 1 saturated heterocycles. The lowest BCUT2D eigenvalue weighted by Gasteiger charge is -2.41. The van der Waals surface area contributed by atoms with Crippen LogP contribution in [0.5, 0.6) is 0 Å². The first kappa shape index (κ1) is 12.4. The molecule has 0 radical (unpaired) electrons. The molecule has 17 heavy (non-hydrogen) atoms. The predicted molar refractivity (Wildman–Crippen MR) is 64.1 cm³/mol. The average molecular weight is 239 g/mol. The van der Waals surface area contributed by atoms with Crippen LogP contribution in [0.2, 0.25) is 0 Å². The molecule has 1 atom stereocenters. The number of carbonyl (C=O) groups is 2. The Morgan fingerprint density at radius 1 is 1.59 bits per heavy atom. The van der Waals surface area contributed by atoms with Gasteiger partial charge < -0.3 is 16.0 Å². The number of amides is 2. The van der Waals surface area contributed by atoms with E-state index in [9.17, 15) is 9.59 Å². The molecule has 1 saturated carbocycles. The van der Waals surface area contributed by atoms with Gasteiger partial charge in [-0.05, 0) is 32.6 Å². The van der Waals surface area contributed by atoms with Crippen molar-refractivity contribution in [3.05, 3.63) is 0 Å². The molecular formula is C12H21N3O2. The first-order valence-corrected chi connectivity index (χ1v) is 6.27. The van der Waals surface area contributed by atoms with Crippen molar-refractivity contribution in [2.24, 2.45) is 11.7 Å². The Bertz CT molecular complexity index is 337. The Kier molecular flexibility index (Phi) is 3.12. The molecule has 2 fully saturated rings. The van der Waals surface area contributed by atoms with E-state index in [2.05, 4.69) is 5.32 Å². The molecule has 2 aliphatic rings. The molecule has 5 heteroatoms. The number of carbonyl (C=O) groups excluding carboxylic acids is 2. The van der Waals surface area contributed by atoms with E-state index in [0.717, 1.165) is 12.8 Å². The van der Waals surface area contributed by atoms with Crippen LogP contribution in [0.4, 0.5) is 0 Å². The van der Waals surface area contributed by atoms with Gasteiger partial charge in [-0.1, -0.05) is 0 Å². The number of rotatable bonds is 3. The number of hydrogen-bond acceptors (Lipinski definition) is 3. The summed E-state index contributed by atoms with van der Waals surface area (Å²) in [6.07, 6.45) is 2.64. The Balaban J connectivity index is 1.99. The first-order chi connectivity index (χ1) is 7.93. The first-order valence-electron chi connectivity index (χ1n) is 6.27. The van der Waals surface area contributed by atoms with Crippen molar-refractivity contribution < 1.29 is 9.59 Å². The van der Waals surface area contributed by atoms with E-state index in [0.29, 0.717) is 25.4 Å². The number of nitrogens with zero attached hydrogens (tertiary/aromatic N) is 1. The second-order valence-corrected chi connectivity index (χ2v) is 5.57. The Morgan fingerprint density at radius 3 is 2.82 bits per heavy atom. The average Bonchev–Trinajstić information content (AvgIpc) is 3.05. The van der Waals surface area contributed by atoms with E-state index in [1.165, 1.54) is 0 Å². The third-order valence-corrected chi connectivity index (χ3v) is 3.79. The second-order valence-electron chi connectivity index (χ2n) is 5.57. The fourth-order valence-corrected chi connectivity index (χ4v) is 2.34. The lowest BCUT2D eigenvalue weighted by atomic mass is 9.97. The molecule has 1 aliphatic carbocycles. The number of hydrogen-bond donors (Lipinski definition) is 2. The standard InChI is InChI=1S/C12H21N3O2/c1-12(2)11(17)14-5-6-15(12)10(16)7-9(13)8-3-4-8/h8-9H,3-7,13H2,1-2H3,(H,14,17). The van der Waals surface area contributed by atoms with Gasteiger partial charge in [0.2, 0.25) is 11.8 Å².